The molecule has 84 valence electrons. The van der Waals surface area contributed by atoms with Gasteiger partial charge in [0.1, 0.15) is 0 Å². The first-order valence-electron chi connectivity index (χ1n) is 5.49. The van der Waals surface area contributed by atoms with Crippen molar-refractivity contribution >= 4 is 36.7 Å². The van der Waals surface area contributed by atoms with Crippen LogP contribution in [0.4, 0.5) is 0 Å². The third-order valence-corrected chi connectivity index (χ3v) is 15.7. The predicted molar refractivity (Wildman–Crippen MR) is 77.3 cm³/mol. The molecule has 0 amide bonds. The van der Waals surface area contributed by atoms with Crippen molar-refractivity contribution in [1.29, 1.82) is 0 Å². The van der Waals surface area contributed by atoms with Crippen LogP contribution in [0.2, 0.25) is 0 Å². The Morgan fingerprint density at radius 3 is 1.93 bits per heavy atom. The van der Waals surface area contributed by atoms with Crippen molar-refractivity contribution in [2.45, 2.75) is 26.7 Å². The van der Waals surface area contributed by atoms with Gasteiger partial charge in [-0.3, -0.25) is 0 Å². The van der Waals surface area contributed by atoms with Crippen molar-refractivity contribution in [3.05, 3.63) is 30.3 Å². The Labute approximate surface area is 105 Å². The normalized spacial score (nSPS) is 10.9. The second kappa shape index (κ2) is 8.61. The van der Waals surface area contributed by atoms with Gasteiger partial charge in [0, 0.05) is 0 Å². The van der Waals surface area contributed by atoms with Crippen LogP contribution in [-0.4, -0.2) is 23.8 Å². The first kappa shape index (κ1) is 13.5. The summed E-state index contributed by atoms with van der Waals surface area (Å²) in [5, 5.41) is 0. The molecule has 0 nitrogen and oxygen atoms in total. The number of rotatable bonds is 7. The van der Waals surface area contributed by atoms with E-state index in [2.05, 4.69) is 64.2 Å². The Balaban J connectivity index is 2.55. The van der Waals surface area contributed by atoms with Gasteiger partial charge in [-0.1, -0.05) is 0 Å². The zero-order chi connectivity index (χ0) is 10.9. The summed E-state index contributed by atoms with van der Waals surface area (Å²) in [5.41, 5.74) is 0. The Hall–Kier alpha value is 0.478. The molecule has 0 saturated carbocycles. The average Bonchev–Trinajstić information content (AvgIpc) is 2.30. The average molecular weight is 302 g/mol. The van der Waals surface area contributed by atoms with Gasteiger partial charge in [-0.05, 0) is 0 Å². The molecule has 15 heavy (non-hydrogen) atoms. The summed E-state index contributed by atoms with van der Waals surface area (Å²) >= 11 is -0.865. The van der Waals surface area contributed by atoms with E-state index in [1.54, 1.807) is 4.35 Å². The summed E-state index contributed by atoms with van der Waals surface area (Å²) in [6, 6.07) is 11.1. The molecule has 0 aliphatic heterocycles. The molecule has 0 bridgehead atoms. The second-order valence-corrected chi connectivity index (χ2v) is 15.0. The Morgan fingerprint density at radius 2 is 1.47 bits per heavy atom. The van der Waals surface area contributed by atoms with Gasteiger partial charge in [0.25, 0.3) is 0 Å². The molecule has 0 fully saturated rings. The van der Waals surface area contributed by atoms with Crippen LogP contribution in [0.1, 0.15) is 26.7 Å². The van der Waals surface area contributed by atoms with E-state index in [-0.39, 0.29) is 0 Å². The van der Waals surface area contributed by atoms with Crippen LogP contribution in [0.5, 0.6) is 0 Å². The molecule has 1 rings (SSSR count). The van der Waals surface area contributed by atoms with Crippen LogP contribution in [0.3, 0.4) is 0 Å². The minimum absolute atomic E-state index is 0.865. The van der Waals surface area contributed by atoms with Gasteiger partial charge in [0.15, 0.2) is 0 Å². The first-order valence-corrected chi connectivity index (χ1v) is 12.9. The minimum atomic E-state index is -0.865. The molecule has 0 atom stereocenters. The standard InChI is InChI=1S/C12H19AsS2/c1-3-10-14-13(15-11-4-2)12-8-6-5-7-9-12/h5-9H,3-4,10-11H2,1-2H3. The molecule has 0 unspecified atom stereocenters. The van der Waals surface area contributed by atoms with E-state index in [1.165, 1.54) is 24.3 Å². The molecule has 0 saturated heterocycles. The molecule has 0 heterocycles. The summed E-state index contributed by atoms with van der Waals surface area (Å²) < 4.78 is 1.61. The van der Waals surface area contributed by atoms with Crippen LogP contribution in [0, 0.1) is 0 Å². The van der Waals surface area contributed by atoms with Crippen LogP contribution in [0.15, 0.2) is 30.3 Å². The van der Waals surface area contributed by atoms with Crippen LogP contribution in [-0.2, 0) is 0 Å². The van der Waals surface area contributed by atoms with E-state index in [1.807, 2.05) is 0 Å². The molecule has 0 spiro atoms. The molecule has 1 aromatic carbocycles. The fourth-order valence-corrected chi connectivity index (χ4v) is 14.5. The Bertz CT molecular complexity index is 243. The molecule has 0 aromatic heterocycles. The first-order chi connectivity index (χ1) is 7.38. The van der Waals surface area contributed by atoms with Crippen LogP contribution >= 0.6 is 20.0 Å². The van der Waals surface area contributed by atoms with Crippen molar-refractivity contribution in [2.75, 3.05) is 11.5 Å². The van der Waals surface area contributed by atoms with E-state index in [0.717, 1.165) is 0 Å². The van der Waals surface area contributed by atoms with Gasteiger partial charge in [-0.25, -0.2) is 0 Å². The predicted octanol–water partition coefficient (Wildman–Crippen LogP) is 3.67. The fraction of sp³-hybridized carbons (Fsp3) is 0.500. The third kappa shape index (κ3) is 5.38. The number of hydrogen-bond acceptors (Lipinski definition) is 2. The van der Waals surface area contributed by atoms with Gasteiger partial charge in [-0.15, -0.1) is 0 Å². The monoisotopic (exact) mass is 302 g/mol. The second-order valence-electron chi connectivity index (χ2n) is 3.26. The maximum absolute atomic E-state index is 2.31. The number of hydrogen-bond donors (Lipinski definition) is 0. The van der Waals surface area contributed by atoms with E-state index in [0.29, 0.717) is 0 Å². The molecular weight excluding hydrogens is 283 g/mol. The Kier molecular flexibility index (Phi) is 7.77. The fourth-order valence-electron chi connectivity index (χ4n) is 1.08. The Morgan fingerprint density at radius 1 is 0.933 bits per heavy atom. The van der Waals surface area contributed by atoms with Gasteiger partial charge in [-0.2, -0.15) is 0 Å². The maximum atomic E-state index is 2.31. The molecule has 0 N–H and O–H groups in total. The molecule has 0 radical (unpaired) electrons. The zero-order valence-corrected chi connectivity index (χ0v) is 13.0. The van der Waals surface area contributed by atoms with Crippen LogP contribution < -0.4 is 4.35 Å². The summed E-state index contributed by atoms with van der Waals surface area (Å²) in [7, 11) is 4.45. The van der Waals surface area contributed by atoms with Crippen molar-refractivity contribution in [2.24, 2.45) is 0 Å². The van der Waals surface area contributed by atoms with E-state index in [4.69, 9.17) is 0 Å². The van der Waals surface area contributed by atoms with Gasteiger partial charge in [0.2, 0.25) is 0 Å². The van der Waals surface area contributed by atoms with Crippen molar-refractivity contribution in [1.82, 2.24) is 0 Å². The van der Waals surface area contributed by atoms with Crippen molar-refractivity contribution in [3.63, 3.8) is 0 Å². The van der Waals surface area contributed by atoms with Gasteiger partial charge in [0.05, 0.1) is 0 Å². The van der Waals surface area contributed by atoms with Gasteiger partial charge >= 0.3 is 105 Å². The number of benzene rings is 1. The van der Waals surface area contributed by atoms with Gasteiger partial charge < -0.3 is 0 Å². The summed E-state index contributed by atoms with van der Waals surface area (Å²) in [4.78, 5) is 0. The summed E-state index contributed by atoms with van der Waals surface area (Å²) in [5.74, 6) is 2.65. The van der Waals surface area contributed by atoms with Crippen molar-refractivity contribution < 1.29 is 0 Å². The van der Waals surface area contributed by atoms with Crippen molar-refractivity contribution in [3.8, 4) is 0 Å². The topological polar surface area (TPSA) is 0 Å². The molecule has 1 aromatic rings. The summed E-state index contributed by atoms with van der Waals surface area (Å²) in [6.45, 7) is 4.55. The quantitative estimate of drug-likeness (QED) is 0.705. The summed E-state index contributed by atoms with van der Waals surface area (Å²) in [6.07, 6.45) is 2.60. The van der Waals surface area contributed by atoms with E-state index in [9.17, 15) is 0 Å². The molecule has 0 aliphatic carbocycles. The van der Waals surface area contributed by atoms with E-state index >= 15 is 0 Å². The molecule has 0 aliphatic rings. The zero-order valence-electron chi connectivity index (χ0n) is 9.48. The molecule has 3 heteroatoms. The SMILES string of the molecule is CCCS[As](SCCC)c1ccccc1. The van der Waals surface area contributed by atoms with Crippen LogP contribution in [0.25, 0.3) is 0 Å². The van der Waals surface area contributed by atoms with E-state index < -0.39 is 12.3 Å². The molecular formula is C12H19AsS2. The third-order valence-electron chi connectivity index (χ3n) is 1.79.